The fourth-order valence-corrected chi connectivity index (χ4v) is 6.46. The Morgan fingerprint density at radius 2 is 1.57 bits per heavy atom. The Labute approximate surface area is 326 Å². The van der Waals surface area contributed by atoms with Crippen molar-refractivity contribution in [2.24, 2.45) is 0 Å². The van der Waals surface area contributed by atoms with Gasteiger partial charge < -0.3 is 44.5 Å². The highest BCUT2D eigenvalue weighted by Gasteiger charge is 2.55. The van der Waals surface area contributed by atoms with Gasteiger partial charge in [0.15, 0.2) is 0 Å². The van der Waals surface area contributed by atoms with E-state index < -0.39 is 59.5 Å². The first-order valence-electron chi connectivity index (χ1n) is 18.7. The van der Waals surface area contributed by atoms with Crippen LogP contribution in [0.15, 0.2) is 103 Å². The molecule has 1 heterocycles. The predicted octanol–water partition coefficient (Wildman–Crippen LogP) is 4.31. The molecule has 1 saturated heterocycles. The van der Waals surface area contributed by atoms with E-state index in [1.54, 1.807) is 57.2 Å². The minimum absolute atomic E-state index is 0.0111. The number of nitrogens with one attached hydrogen (secondary N) is 2. The van der Waals surface area contributed by atoms with E-state index in [9.17, 15) is 24.3 Å². The Morgan fingerprint density at radius 3 is 2.21 bits per heavy atom. The number of benzene rings is 3. The lowest BCUT2D eigenvalue weighted by Crippen LogP contribution is -2.44. The topological polar surface area (TPSA) is 179 Å². The number of hydrogen-bond acceptors (Lipinski definition) is 11. The van der Waals surface area contributed by atoms with Crippen LogP contribution in [0.5, 0.6) is 0 Å². The molecule has 0 radical (unpaired) electrons. The fourth-order valence-electron chi connectivity index (χ4n) is 6.46. The second kappa shape index (κ2) is 19.5. The standard InChI is InChI=1S/C43H50N2O11/c1-42(2,3)55-38(49)19-18-33(28-47)45-37(48)20-22-44-40(50)30-26-35(53-41(51)34-17-11-10-12-29(34)21-24-52-25-23-46)39-36(27-30)54-43(56-39,31-13-6-4-7-14-31)32-15-8-5-9-16-32/h4-17,21,24,27,33,35-36,39,46-47H,18-20,22-23,25-26,28H2,1-3H3,(H,44,50)(H,45,48). The first kappa shape index (κ1) is 41.8. The van der Waals surface area contributed by atoms with E-state index in [2.05, 4.69) is 10.6 Å². The zero-order chi connectivity index (χ0) is 40.1. The summed E-state index contributed by atoms with van der Waals surface area (Å²) < 4.78 is 30.3. The summed E-state index contributed by atoms with van der Waals surface area (Å²) in [4.78, 5) is 52.4. The minimum Gasteiger partial charge on any atom is -0.499 e. The lowest BCUT2D eigenvalue weighted by molar-refractivity contribution is -0.157. The third-order valence-electron chi connectivity index (χ3n) is 9.01. The Hall–Kier alpha value is -5.34. The van der Waals surface area contributed by atoms with Gasteiger partial charge in [0, 0.05) is 42.5 Å². The molecular weight excluding hydrogens is 720 g/mol. The number of rotatable bonds is 17. The zero-order valence-electron chi connectivity index (χ0n) is 31.8. The van der Waals surface area contributed by atoms with E-state index in [4.69, 9.17) is 28.8 Å². The SMILES string of the molecule is CC(C)(C)OC(=O)CCC(CO)NC(=O)CCNC(=O)C1=CC2OC(c3ccccc3)(c3ccccc3)OC2C(OC(=O)c2ccccc2C=COCCO)C1. The molecule has 3 aromatic rings. The van der Waals surface area contributed by atoms with Crippen LogP contribution in [-0.2, 0) is 43.9 Å². The molecule has 1 fully saturated rings. The van der Waals surface area contributed by atoms with Gasteiger partial charge in [-0.3, -0.25) is 14.4 Å². The van der Waals surface area contributed by atoms with Crippen molar-refractivity contribution >= 4 is 29.8 Å². The van der Waals surface area contributed by atoms with Crippen LogP contribution in [0.3, 0.4) is 0 Å². The van der Waals surface area contributed by atoms with Crippen LogP contribution < -0.4 is 10.6 Å². The Bertz CT molecular complexity index is 1820. The number of amides is 2. The molecule has 2 aliphatic rings. The van der Waals surface area contributed by atoms with Crippen LogP contribution >= 0.6 is 0 Å². The van der Waals surface area contributed by atoms with E-state index >= 15 is 0 Å². The highest BCUT2D eigenvalue weighted by Crippen LogP contribution is 2.47. The van der Waals surface area contributed by atoms with Gasteiger partial charge in [-0.15, -0.1) is 0 Å². The molecule has 298 valence electrons. The highest BCUT2D eigenvalue weighted by molar-refractivity contribution is 5.95. The van der Waals surface area contributed by atoms with Gasteiger partial charge in [-0.2, -0.15) is 0 Å². The molecule has 1 aliphatic carbocycles. The van der Waals surface area contributed by atoms with Gasteiger partial charge in [-0.25, -0.2) is 4.79 Å². The van der Waals surface area contributed by atoms with Gasteiger partial charge in [0.05, 0.1) is 31.1 Å². The molecule has 2 amide bonds. The van der Waals surface area contributed by atoms with Crippen molar-refractivity contribution < 1.29 is 53.1 Å². The van der Waals surface area contributed by atoms with E-state index in [1.807, 2.05) is 60.7 Å². The molecule has 4 atom stereocenters. The van der Waals surface area contributed by atoms with Gasteiger partial charge in [-0.05, 0) is 51.0 Å². The van der Waals surface area contributed by atoms with Gasteiger partial charge in [0.2, 0.25) is 17.6 Å². The van der Waals surface area contributed by atoms with Crippen molar-refractivity contribution in [2.75, 3.05) is 26.4 Å². The largest absolute Gasteiger partial charge is 0.499 e. The minimum atomic E-state index is -1.39. The average molecular weight is 771 g/mol. The number of ether oxygens (including phenoxy) is 5. The Morgan fingerprint density at radius 1 is 0.911 bits per heavy atom. The molecule has 0 spiro atoms. The number of fused-ring (bicyclic) bond motifs is 1. The summed E-state index contributed by atoms with van der Waals surface area (Å²) in [5.41, 5.74) is 1.83. The third kappa shape index (κ3) is 11.1. The van der Waals surface area contributed by atoms with E-state index in [-0.39, 0.29) is 63.2 Å². The van der Waals surface area contributed by atoms with E-state index in [0.29, 0.717) is 16.7 Å². The molecule has 13 heteroatoms. The molecule has 3 aromatic carbocycles. The second-order valence-electron chi connectivity index (χ2n) is 14.4. The van der Waals surface area contributed by atoms with Crippen LogP contribution in [0.2, 0.25) is 0 Å². The van der Waals surface area contributed by atoms with Crippen molar-refractivity contribution in [3.05, 3.63) is 125 Å². The van der Waals surface area contributed by atoms with E-state index in [0.717, 1.165) is 0 Å². The normalized spacial score (nSPS) is 19.3. The number of carbonyl (C=O) groups excluding carboxylic acids is 4. The van der Waals surface area contributed by atoms with Crippen LogP contribution in [-0.4, -0.2) is 90.3 Å². The number of hydrogen-bond donors (Lipinski definition) is 4. The Kier molecular flexibility index (Phi) is 14.6. The molecule has 4 N–H and O–H groups in total. The fraction of sp³-hybridized carbons (Fsp3) is 0.395. The van der Waals surface area contributed by atoms with Gasteiger partial charge in [0.25, 0.3) is 0 Å². The summed E-state index contributed by atoms with van der Waals surface area (Å²) >= 11 is 0. The summed E-state index contributed by atoms with van der Waals surface area (Å²) in [6.07, 6.45) is 2.17. The first-order valence-corrected chi connectivity index (χ1v) is 18.7. The maximum Gasteiger partial charge on any atom is 0.339 e. The number of aliphatic hydroxyl groups is 2. The average Bonchev–Trinajstić information content (AvgIpc) is 3.59. The summed E-state index contributed by atoms with van der Waals surface area (Å²) in [7, 11) is 0. The molecule has 5 rings (SSSR count). The van der Waals surface area contributed by atoms with Crippen molar-refractivity contribution in [2.45, 2.75) is 82.2 Å². The molecule has 0 aromatic heterocycles. The molecule has 0 bridgehead atoms. The zero-order valence-corrected chi connectivity index (χ0v) is 31.8. The summed E-state index contributed by atoms with van der Waals surface area (Å²) in [5, 5.41) is 24.3. The quantitative estimate of drug-likeness (QED) is 0.0874. The second-order valence-corrected chi connectivity index (χ2v) is 14.4. The smallest absolute Gasteiger partial charge is 0.339 e. The lowest BCUT2D eigenvalue weighted by Gasteiger charge is -2.31. The van der Waals surface area contributed by atoms with Crippen LogP contribution in [0.25, 0.3) is 6.08 Å². The summed E-state index contributed by atoms with van der Waals surface area (Å²) in [6, 6.07) is 24.9. The third-order valence-corrected chi connectivity index (χ3v) is 9.01. The van der Waals surface area contributed by atoms with Crippen LogP contribution in [0.4, 0.5) is 0 Å². The predicted molar refractivity (Wildman–Crippen MR) is 206 cm³/mol. The molecule has 13 nitrogen and oxygen atoms in total. The van der Waals surface area contributed by atoms with Crippen LogP contribution in [0.1, 0.15) is 73.5 Å². The Balaban J connectivity index is 1.33. The maximum atomic E-state index is 13.9. The molecular formula is C43H50N2O11. The van der Waals surface area contributed by atoms with Gasteiger partial charge in [0.1, 0.15) is 30.5 Å². The monoisotopic (exact) mass is 770 g/mol. The van der Waals surface area contributed by atoms with Crippen molar-refractivity contribution in [1.29, 1.82) is 0 Å². The molecule has 56 heavy (non-hydrogen) atoms. The molecule has 0 saturated carbocycles. The summed E-state index contributed by atoms with van der Waals surface area (Å²) in [5.74, 6) is -3.38. The highest BCUT2D eigenvalue weighted by atomic mass is 16.8. The number of aliphatic hydroxyl groups excluding tert-OH is 2. The maximum absolute atomic E-state index is 13.9. The van der Waals surface area contributed by atoms with Gasteiger partial charge >= 0.3 is 11.9 Å². The van der Waals surface area contributed by atoms with E-state index in [1.165, 1.54) is 6.26 Å². The van der Waals surface area contributed by atoms with Crippen molar-refractivity contribution in [3.8, 4) is 0 Å². The van der Waals surface area contributed by atoms with Crippen LogP contribution in [0, 0.1) is 0 Å². The van der Waals surface area contributed by atoms with Crippen molar-refractivity contribution in [3.63, 3.8) is 0 Å². The van der Waals surface area contributed by atoms with Crippen molar-refractivity contribution in [1.82, 2.24) is 10.6 Å². The lowest BCUT2D eigenvalue weighted by atomic mass is 9.91. The molecule has 1 aliphatic heterocycles. The number of carbonyl (C=O) groups is 4. The molecule has 4 unspecified atom stereocenters. The number of esters is 2. The van der Waals surface area contributed by atoms with Gasteiger partial charge in [-0.1, -0.05) is 78.9 Å². The summed E-state index contributed by atoms with van der Waals surface area (Å²) in [6.45, 7) is 4.81. The first-order chi connectivity index (χ1) is 26.9.